The highest BCUT2D eigenvalue weighted by Crippen LogP contribution is 2.42. The molecular weight excluding hydrogens is 234 g/mol. The summed E-state index contributed by atoms with van der Waals surface area (Å²) in [6.07, 6.45) is -1.11. The van der Waals surface area contributed by atoms with Gasteiger partial charge in [-0.1, -0.05) is 0 Å². The SMILES string of the molecule is COc1ccc(N2C(=O)[C@@H]3[C@H]2[C@@H](O)O[C@@H]3C)cc1. The molecule has 2 fully saturated rings. The van der Waals surface area contributed by atoms with Crippen molar-refractivity contribution >= 4 is 11.6 Å². The van der Waals surface area contributed by atoms with Gasteiger partial charge in [0.15, 0.2) is 6.29 Å². The number of ether oxygens (including phenoxy) is 2. The minimum atomic E-state index is -0.898. The Morgan fingerprint density at radius 1 is 1.33 bits per heavy atom. The molecule has 0 radical (unpaired) electrons. The van der Waals surface area contributed by atoms with Crippen LogP contribution < -0.4 is 9.64 Å². The highest BCUT2D eigenvalue weighted by atomic mass is 16.6. The third kappa shape index (κ3) is 1.44. The number of hydrogen-bond donors (Lipinski definition) is 1. The van der Waals surface area contributed by atoms with Crippen molar-refractivity contribution in [1.82, 2.24) is 0 Å². The average molecular weight is 249 g/mol. The number of aliphatic hydroxyl groups is 1. The molecule has 2 heterocycles. The molecule has 2 aliphatic rings. The molecule has 0 aliphatic carbocycles. The first-order valence-corrected chi connectivity index (χ1v) is 5.94. The maximum atomic E-state index is 12.1. The molecule has 1 aromatic carbocycles. The van der Waals surface area contributed by atoms with Gasteiger partial charge in [0.05, 0.1) is 19.1 Å². The van der Waals surface area contributed by atoms with E-state index in [4.69, 9.17) is 9.47 Å². The third-order valence-corrected chi connectivity index (χ3v) is 3.69. The maximum absolute atomic E-state index is 12.1. The van der Waals surface area contributed by atoms with E-state index in [1.807, 2.05) is 19.1 Å². The van der Waals surface area contributed by atoms with Gasteiger partial charge in [-0.3, -0.25) is 4.79 Å². The van der Waals surface area contributed by atoms with Gasteiger partial charge < -0.3 is 19.5 Å². The van der Waals surface area contributed by atoms with E-state index in [9.17, 15) is 9.90 Å². The van der Waals surface area contributed by atoms with E-state index in [1.165, 1.54) is 0 Å². The quantitative estimate of drug-likeness (QED) is 0.786. The van der Waals surface area contributed by atoms with E-state index in [1.54, 1.807) is 24.1 Å². The van der Waals surface area contributed by atoms with Gasteiger partial charge in [0.1, 0.15) is 11.8 Å². The fraction of sp³-hybridized carbons (Fsp3) is 0.462. The molecule has 18 heavy (non-hydrogen) atoms. The van der Waals surface area contributed by atoms with E-state index in [0.717, 1.165) is 11.4 Å². The molecular formula is C13H15NO4. The number of benzene rings is 1. The minimum Gasteiger partial charge on any atom is -0.497 e. The normalized spacial score (nSPS) is 34.2. The van der Waals surface area contributed by atoms with Gasteiger partial charge in [-0.15, -0.1) is 0 Å². The summed E-state index contributed by atoms with van der Waals surface area (Å²) in [5.74, 6) is 0.524. The van der Waals surface area contributed by atoms with E-state index < -0.39 is 6.29 Å². The molecule has 0 unspecified atom stereocenters. The third-order valence-electron chi connectivity index (χ3n) is 3.69. The zero-order valence-electron chi connectivity index (χ0n) is 10.2. The molecule has 0 bridgehead atoms. The van der Waals surface area contributed by atoms with Gasteiger partial charge in [0.25, 0.3) is 0 Å². The summed E-state index contributed by atoms with van der Waals surface area (Å²) < 4.78 is 10.4. The summed E-state index contributed by atoms with van der Waals surface area (Å²) in [6.45, 7) is 1.82. The second-order valence-corrected chi connectivity index (χ2v) is 4.65. The first kappa shape index (κ1) is 11.5. The lowest BCUT2D eigenvalue weighted by Gasteiger charge is -2.44. The molecule has 1 aromatic rings. The number of nitrogens with zero attached hydrogens (tertiary/aromatic N) is 1. The summed E-state index contributed by atoms with van der Waals surface area (Å²) in [4.78, 5) is 13.7. The molecule has 5 nitrogen and oxygen atoms in total. The number of hydrogen-bond acceptors (Lipinski definition) is 4. The molecule has 0 spiro atoms. The van der Waals surface area contributed by atoms with Crippen LogP contribution in [0.2, 0.25) is 0 Å². The molecule has 96 valence electrons. The predicted molar refractivity (Wildman–Crippen MR) is 64.3 cm³/mol. The van der Waals surface area contributed by atoms with Crippen molar-refractivity contribution in [2.45, 2.75) is 25.4 Å². The van der Waals surface area contributed by atoms with Crippen molar-refractivity contribution in [1.29, 1.82) is 0 Å². The highest BCUT2D eigenvalue weighted by Gasteiger charge is 2.59. The van der Waals surface area contributed by atoms with Crippen molar-refractivity contribution in [2.75, 3.05) is 12.0 Å². The smallest absolute Gasteiger partial charge is 0.235 e. The van der Waals surface area contributed by atoms with E-state index in [2.05, 4.69) is 0 Å². The van der Waals surface area contributed by atoms with E-state index in [0.29, 0.717) is 0 Å². The first-order valence-electron chi connectivity index (χ1n) is 5.94. The van der Waals surface area contributed by atoms with Crippen LogP contribution in [0, 0.1) is 5.92 Å². The first-order chi connectivity index (χ1) is 8.63. The summed E-state index contributed by atoms with van der Waals surface area (Å²) in [7, 11) is 1.59. The van der Waals surface area contributed by atoms with Crippen molar-refractivity contribution in [3.05, 3.63) is 24.3 Å². The molecule has 0 saturated carbocycles. The van der Waals surface area contributed by atoms with E-state index in [-0.39, 0.29) is 24.0 Å². The van der Waals surface area contributed by atoms with Crippen molar-refractivity contribution in [3.8, 4) is 5.75 Å². The lowest BCUT2D eigenvalue weighted by Crippen LogP contribution is -2.64. The Hall–Kier alpha value is -1.59. The highest BCUT2D eigenvalue weighted by molar-refractivity contribution is 6.03. The average Bonchev–Trinajstić information content (AvgIpc) is 2.61. The van der Waals surface area contributed by atoms with Crippen LogP contribution in [0.15, 0.2) is 24.3 Å². The van der Waals surface area contributed by atoms with E-state index >= 15 is 0 Å². The largest absolute Gasteiger partial charge is 0.497 e. The van der Waals surface area contributed by atoms with Gasteiger partial charge >= 0.3 is 0 Å². The topological polar surface area (TPSA) is 59.0 Å². The van der Waals surface area contributed by atoms with Crippen molar-refractivity contribution < 1.29 is 19.4 Å². The number of rotatable bonds is 2. The van der Waals surface area contributed by atoms with Gasteiger partial charge in [-0.05, 0) is 31.2 Å². The Bertz CT molecular complexity index is 472. The Labute approximate surface area is 105 Å². The molecule has 5 heteroatoms. The molecule has 2 aliphatic heterocycles. The number of aliphatic hydroxyl groups excluding tert-OH is 1. The lowest BCUT2D eigenvalue weighted by atomic mass is 9.85. The van der Waals surface area contributed by atoms with Crippen LogP contribution in [0.1, 0.15) is 6.92 Å². The van der Waals surface area contributed by atoms with Gasteiger partial charge in [-0.2, -0.15) is 0 Å². The number of methoxy groups -OCH3 is 1. The van der Waals surface area contributed by atoms with Crippen LogP contribution in [-0.4, -0.2) is 36.6 Å². The zero-order chi connectivity index (χ0) is 12.9. The number of β-lactam (4-membered cyclic amide) rings is 1. The lowest BCUT2D eigenvalue weighted by molar-refractivity contribution is -0.131. The molecule has 1 amide bonds. The van der Waals surface area contributed by atoms with Crippen molar-refractivity contribution in [3.63, 3.8) is 0 Å². The second kappa shape index (κ2) is 3.96. The molecule has 2 saturated heterocycles. The van der Waals surface area contributed by atoms with Crippen LogP contribution in [0.4, 0.5) is 5.69 Å². The Kier molecular flexibility index (Phi) is 2.53. The van der Waals surface area contributed by atoms with Gasteiger partial charge in [-0.25, -0.2) is 0 Å². The fourth-order valence-corrected chi connectivity index (χ4v) is 2.74. The Morgan fingerprint density at radius 3 is 2.61 bits per heavy atom. The standard InChI is InChI=1S/C13H15NO4/c1-7-10-11(13(16)18-7)14(12(10)15)8-3-5-9(17-2)6-4-8/h3-7,10-11,13,16H,1-2H3/t7-,10+,11+,13+/m1/s1. The number of fused-ring (bicyclic) bond motifs is 1. The number of anilines is 1. The zero-order valence-corrected chi connectivity index (χ0v) is 10.2. The fourth-order valence-electron chi connectivity index (χ4n) is 2.74. The summed E-state index contributed by atoms with van der Waals surface area (Å²) in [5.41, 5.74) is 0.763. The van der Waals surface area contributed by atoms with Crippen LogP contribution in [0.25, 0.3) is 0 Å². The minimum absolute atomic E-state index is 0.00853. The molecule has 1 N–H and O–H groups in total. The predicted octanol–water partition coefficient (Wildman–Crippen LogP) is 0.764. The molecule has 0 aromatic heterocycles. The van der Waals surface area contributed by atoms with Crippen molar-refractivity contribution in [2.24, 2.45) is 5.92 Å². The van der Waals surface area contributed by atoms with Crippen LogP contribution in [-0.2, 0) is 9.53 Å². The van der Waals surface area contributed by atoms with Crippen LogP contribution >= 0.6 is 0 Å². The number of carbonyl (C=O) groups is 1. The number of amides is 1. The Morgan fingerprint density at radius 2 is 2.00 bits per heavy atom. The van der Waals surface area contributed by atoms with Crippen LogP contribution in [0.5, 0.6) is 5.75 Å². The van der Waals surface area contributed by atoms with Gasteiger partial charge in [0, 0.05) is 5.69 Å². The maximum Gasteiger partial charge on any atom is 0.235 e. The molecule has 3 rings (SSSR count). The molecule has 4 atom stereocenters. The van der Waals surface area contributed by atoms with Crippen LogP contribution in [0.3, 0.4) is 0 Å². The second-order valence-electron chi connectivity index (χ2n) is 4.65. The summed E-state index contributed by atoms with van der Waals surface area (Å²) in [6, 6.07) is 6.94. The number of carbonyl (C=O) groups excluding carboxylic acids is 1. The summed E-state index contributed by atoms with van der Waals surface area (Å²) in [5, 5.41) is 9.80. The summed E-state index contributed by atoms with van der Waals surface area (Å²) >= 11 is 0. The Balaban J connectivity index is 1.87. The monoisotopic (exact) mass is 249 g/mol. The van der Waals surface area contributed by atoms with Gasteiger partial charge in [0.2, 0.25) is 5.91 Å².